The van der Waals surface area contributed by atoms with Crippen molar-refractivity contribution in [2.24, 2.45) is 5.73 Å². The molecule has 0 aliphatic carbocycles. The van der Waals surface area contributed by atoms with Gasteiger partial charge in [0, 0.05) is 11.8 Å². The summed E-state index contributed by atoms with van der Waals surface area (Å²) in [7, 11) is 0. The van der Waals surface area contributed by atoms with E-state index < -0.39 is 23.5 Å². The van der Waals surface area contributed by atoms with Crippen molar-refractivity contribution in [2.75, 3.05) is 0 Å². The number of hydrogen-bond acceptors (Lipinski definition) is 2. The van der Waals surface area contributed by atoms with Crippen LogP contribution in [0.2, 0.25) is 0 Å². The molecule has 0 amide bonds. The van der Waals surface area contributed by atoms with Gasteiger partial charge in [-0.3, -0.25) is 4.98 Å². The third-order valence-electron chi connectivity index (χ3n) is 2.70. The minimum Gasteiger partial charge on any atom is -0.322 e. The Morgan fingerprint density at radius 1 is 1.16 bits per heavy atom. The Morgan fingerprint density at radius 2 is 1.89 bits per heavy atom. The Morgan fingerprint density at radius 3 is 2.58 bits per heavy atom. The van der Waals surface area contributed by atoms with Crippen molar-refractivity contribution in [1.29, 1.82) is 0 Å². The van der Waals surface area contributed by atoms with Gasteiger partial charge in [-0.25, -0.2) is 13.2 Å². The number of hydrogen-bond donors (Lipinski definition) is 1. The molecule has 100 valence electrons. The largest absolute Gasteiger partial charge is 0.322 e. The number of rotatable bonds is 3. The van der Waals surface area contributed by atoms with E-state index in [1.165, 1.54) is 24.4 Å². The summed E-state index contributed by atoms with van der Waals surface area (Å²) < 4.78 is 41.0. The molecule has 1 heterocycles. The molecular weight excluding hydrogens is 321 g/mol. The van der Waals surface area contributed by atoms with Gasteiger partial charge in [0.05, 0.1) is 16.2 Å². The summed E-state index contributed by atoms with van der Waals surface area (Å²) in [6.45, 7) is 0. The number of nitrogens with zero attached hydrogens (tertiary/aromatic N) is 1. The van der Waals surface area contributed by atoms with Crippen molar-refractivity contribution in [3.8, 4) is 0 Å². The summed E-state index contributed by atoms with van der Waals surface area (Å²) in [5, 5.41) is 0. The molecule has 0 saturated carbocycles. The molecule has 19 heavy (non-hydrogen) atoms. The lowest BCUT2D eigenvalue weighted by Crippen LogP contribution is -2.18. The summed E-state index contributed by atoms with van der Waals surface area (Å²) in [4.78, 5) is 3.80. The first-order valence-corrected chi connectivity index (χ1v) is 6.28. The van der Waals surface area contributed by atoms with Gasteiger partial charge in [-0.1, -0.05) is 0 Å². The maximum absolute atomic E-state index is 13.8. The van der Waals surface area contributed by atoms with Crippen LogP contribution >= 0.6 is 15.9 Å². The van der Waals surface area contributed by atoms with Crippen molar-refractivity contribution >= 4 is 15.9 Å². The molecule has 0 saturated heterocycles. The molecule has 0 fully saturated rings. The number of nitrogens with two attached hydrogens (primary N) is 1. The monoisotopic (exact) mass is 330 g/mol. The third-order valence-corrected chi connectivity index (χ3v) is 3.31. The van der Waals surface area contributed by atoms with E-state index in [2.05, 4.69) is 20.9 Å². The van der Waals surface area contributed by atoms with E-state index >= 15 is 0 Å². The zero-order valence-electron chi connectivity index (χ0n) is 9.71. The van der Waals surface area contributed by atoms with Crippen LogP contribution < -0.4 is 5.73 Å². The van der Waals surface area contributed by atoms with Crippen molar-refractivity contribution in [2.45, 2.75) is 12.5 Å². The lowest BCUT2D eigenvalue weighted by Gasteiger charge is -2.13. The number of aromatic nitrogens is 1. The SMILES string of the molecule is NC(Cc1c(F)ccc(Br)c1F)c1ncccc1F. The lowest BCUT2D eigenvalue weighted by atomic mass is 10.0. The average molecular weight is 331 g/mol. The van der Waals surface area contributed by atoms with E-state index in [9.17, 15) is 13.2 Å². The highest BCUT2D eigenvalue weighted by atomic mass is 79.9. The fourth-order valence-corrected chi connectivity index (χ4v) is 2.11. The van der Waals surface area contributed by atoms with Crippen LogP contribution in [0.25, 0.3) is 0 Å². The molecule has 0 aliphatic rings. The smallest absolute Gasteiger partial charge is 0.146 e. The summed E-state index contributed by atoms with van der Waals surface area (Å²) in [5.41, 5.74) is 5.56. The number of benzene rings is 1. The van der Waals surface area contributed by atoms with Crippen LogP contribution in [0.15, 0.2) is 34.9 Å². The normalized spacial score (nSPS) is 12.5. The molecule has 0 aliphatic heterocycles. The Kier molecular flexibility index (Phi) is 4.21. The Balaban J connectivity index is 2.32. The molecule has 2 N–H and O–H groups in total. The molecule has 0 radical (unpaired) electrons. The predicted octanol–water partition coefficient (Wildman–Crippen LogP) is 3.50. The van der Waals surface area contributed by atoms with Crippen LogP contribution in [-0.4, -0.2) is 4.98 Å². The van der Waals surface area contributed by atoms with E-state index in [-0.39, 0.29) is 22.2 Å². The minimum atomic E-state index is -0.917. The number of pyridine rings is 1. The van der Waals surface area contributed by atoms with Crippen molar-refractivity contribution in [3.63, 3.8) is 0 Å². The zero-order chi connectivity index (χ0) is 14.0. The fraction of sp³-hybridized carbons (Fsp3) is 0.154. The van der Waals surface area contributed by atoms with Gasteiger partial charge in [0.2, 0.25) is 0 Å². The van der Waals surface area contributed by atoms with Gasteiger partial charge >= 0.3 is 0 Å². The predicted molar refractivity (Wildman–Crippen MR) is 68.9 cm³/mol. The maximum atomic E-state index is 13.8. The molecule has 0 bridgehead atoms. The Bertz CT molecular complexity index is 604. The first kappa shape index (κ1) is 14.0. The molecule has 1 aromatic heterocycles. The van der Waals surface area contributed by atoms with Crippen molar-refractivity contribution < 1.29 is 13.2 Å². The van der Waals surface area contributed by atoms with Gasteiger partial charge < -0.3 is 5.73 Å². The standard InChI is InChI=1S/C13H10BrF3N2/c14-8-3-4-9(15)7(12(8)17)6-11(18)13-10(16)2-1-5-19-13/h1-5,11H,6,18H2. The van der Waals surface area contributed by atoms with Gasteiger partial charge in [0.15, 0.2) is 0 Å². The van der Waals surface area contributed by atoms with E-state index in [1.54, 1.807) is 0 Å². The minimum absolute atomic E-state index is 0.0127. The van der Waals surface area contributed by atoms with Crippen LogP contribution in [-0.2, 0) is 6.42 Å². The molecule has 1 atom stereocenters. The van der Waals surface area contributed by atoms with Crippen LogP contribution in [0.5, 0.6) is 0 Å². The average Bonchev–Trinajstić information content (AvgIpc) is 2.39. The summed E-state index contributed by atoms with van der Waals surface area (Å²) in [6, 6.07) is 4.10. The highest BCUT2D eigenvalue weighted by molar-refractivity contribution is 9.10. The first-order chi connectivity index (χ1) is 9.00. The lowest BCUT2D eigenvalue weighted by molar-refractivity contribution is 0.519. The molecule has 0 spiro atoms. The van der Waals surface area contributed by atoms with Crippen LogP contribution in [0.4, 0.5) is 13.2 Å². The third kappa shape index (κ3) is 2.96. The van der Waals surface area contributed by atoms with Crippen molar-refractivity contribution in [1.82, 2.24) is 4.98 Å². The molecule has 2 aromatic rings. The first-order valence-electron chi connectivity index (χ1n) is 5.49. The van der Waals surface area contributed by atoms with Crippen LogP contribution in [0, 0.1) is 17.5 Å². The van der Waals surface area contributed by atoms with Crippen molar-refractivity contribution in [3.05, 3.63) is 63.6 Å². The Labute approximate surface area is 116 Å². The topological polar surface area (TPSA) is 38.9 Å². The molecule has 1 unspecified atom stereocenters. The second-order valence-electron chi connectivity index (χ2n) is 4.00. The van der Waals surface area contributed by atoms with E-state index in [1.807, 2.05) is 0 Å². The summed E-state index contributed by atoms with van der Waals surface area (Å²) in [6.07, 6.45) is 1.21. The zero-order valence-corrected chi connectivity index (χ0v) is 11.3. The summed E-state index contributed by atoms with van der Waals surface area (Å²) in [5.74, 6) is -2.04. The summed E-state index contributed by atoms with van der Waals surface area (Å²) >= 11 is 2.97. The molecule has 2 rings (SSSR count). The van der Waals surface area contributed by atoms with E-state index in [0.717, 1.165) is 6.07 Å². The number of halogens is 4. The van der Waals surface area contributed by atoms with E-state index in [0.29, 0.717) is 0 Å². The van der Waals surface area contributed by atoms with E-state index in [4.69, 9.17) is 5.73 Å². The van der Waals surface area contributed by atoms with Gasteiger partial charge in [-0.2, -0.15) is 0 Å². The fourth-order valence-electron chi connectivity index (χ4n) is 1.74. The van der Waals surface area contributed by atoms with Gasteiger partial charge in [0.1, 0.15) is 17.5 Å². The second-order valence-corrected chi connectivity index (χ2v) is 4.86. The molecular formula is C13H10BrF3N2. The van der Waals surface area contributed by atoms with Crippen LogP contribution in [0.1, 0.15) is 17.3 Å². The molecule has 6 heteroatoms. The molecule has 1 aromatic carbocycles. The Hall–Kier alpha value is -1.40. The maximum Gasteiger partial charge on any atom is 0.146 e. The highest BCUT2D eigenvalue weighted by Crippen LogP contribution is 2.25. The second kappa shape index (κ2) is 5.71. The molecule has 2 nitrogen and oxygen atoms in total. The van der Waals surface area contributed by atoms with Gasteiger partial charge in [-0.15, -0.1) is 0 Å². The van der Waals surface area contributed by atoms with Crippen LogP contribution in [0.3, 0.4) is 0 Å². The quantitative estimate of drug-likeness (QED) is 0.875. The van der Waals surface area contributed by atoms with Gasteiger partial charge in [0.25, 0.3) is 0 Å². The van der Waals surface area contributed by atoms with Gasteiger partial charge in [-0.05, 0) is 46.6 Å². The highest BCUT2D eigenvalue weighted by Gasteiger charge is 2.19.